The van der Waals surface area contributed by atoms with Crippen molar-refractivity contribution in [3.05, 3.63) is 176 Å². The molecule has 0 unspecified atom stereocenters. The summed E-state index contributed by atoms with van der Waals surface area (Å²) >= 11 is 0. The molecular formula is C42H30N2. The Morgan fingerprint density at radius 3 is 1.73 bits per heavy atom. The largest absolute Gasteiger partial charge is 0.355 e. The summed E-state index contributed by atoms with van der Waals surface area (Å²) in [4.78, 5) is 0. The number of rotatable bonds is 6. The minimum absolute atomic E-state index is 1.06. The van der Waals surface area contributed by atoms with Crippen LogP contribution in [0.4, 0.5) is 11.4 Å². The normalized spacial score (nSPS) is 11.2. The smallest absolute Gasteiger partial charge is 0.0541 e. The molecular weight excluding hydrogens is 532 g/mol. The fourth-order valence-corrected chi connectivity index (χ4v) is 6.32. The van der Waals surface area contributed by atoms with Gasteiger partial charge in [0.25, 0.3) is 0 Å². The third-order valence-electron chi connectivity index (χ3n) is 8.41. The average molecular weight is 563 g/mol. The zero-order chi connectivity index (χ0) is 29.3. The van der Waals surface area contributed by atoms with E-state index in [1.807, 2.05) is 0 Å². The molecule has 0 saturated heterocycles. The minimum Gasteiger partial charge on any atom is -0.355 e. The van der Waals surface area contributed by atoms with E-state index in [1.165, 1.54) is 60.9 Å². The number of hydrogen-bond acceptors (Lipinski definition) is 1. The van der Waals surface area contributed by atoms with Gasteiger partial charge >= 0.3 is 0 Å². The minimum atomic E-state index is 1.06. The number of aromatic nitrogens is 1. The molecule has 0 radical (unpaired) electrons. The van der Waals surface area contributed by atoms with Crippen LogP contribution in [0.15, 0.2) is 176 Å². The fraction of sp³-hybridized carbons (Fsp3) is 0. The topological polar surface area (TPSA) is 17.0 Å². The Bertz CT molecular complexity index is 2230. The Kier molecular flexibility index (Phi) is 6.51. The lowest BCUT2D eigenvalue weighted by Crippen LogP contribution is -1.95. The molecule has 1 N–H and O–H groups in total. The highest BCUT2D eigenvalue weighted by Crippen LogP contribution is 2.40. The van der Waals surface area contributed by atoms with Gasteiger partial charge in [0.15, 0.2) is 0 Å². The number of benzene rings is 7. The molecule has 1 aromatic heterocycles. The van der Waals surface area contributed by atoms with Crippen LogP contribution in [0.1, 0.15) is 0 Å². The summed E-state index contributed by atoms with van der Waals surface area (Å²) in [6, 6.07) is 62.7. The van der Waals surface area contributed by atoms with Gasteiger partial charge in [-0.2, -0.15) is 0 Å². The second kappa shape index (κ2) is 11.1. The monoisotopic (exact) mass is 562 g/mol. The van der Waals surface area contributed by atoms with Crippen molar-refractivity contribution < 1.29 is 0 Å². The van der Waals surface area contributed by atoms with Crippen LogP contribution in [-0.2, 0) is 0 Å². The van der Waals surface area contributed by atoms with Gasteiger partial charge in [-0.3, -0.25) is 0 Å². The molecule has 0 aliphatic carbocycles. The first-order chi connectivity index (χ1) is 21.8. The van der Waals surface area contributed by atoms with E-state index in [4.69, 9.17) is 0 Å². The quantitative estimate of drug-likeness (QED) is 0.213. The number of hydrogen-bond donors (Lipinski definition) is 1. The van der Waals surface area contributed by atoms with E-state index in [1.54, 1.807) is 0 Å². The predicted molar refractivity (Wildman–Crippen MR) is 187 cm³/mol. The highest BCUT2D eigenvalue weighted by atomic mass is 15.0. The summed E-state index contributed by atoms with van der Waals surface area (Å²) in [5.41, 5.74) is 12.9. The van der Waals surface area contributed by atoms with E-state index in [-0.39, 0.29) is 0 Å². The van der Waals surface area contributed by atoms with E-state index in [2.05, 4.69) is 186 Å². The summed E-state index contributed by atoms with van der Waals surface area (Å²) in [6.07, 6.45) is 0. The summed E-state index contributed by atoms with van der Waals surface area (Å²) in [5, 5.41) is 6.21. The molecule has 0 spiro atoms. The van der Waals surface area contributed by atoms with Crippen molar-refractivity contribution in [1.29, 1.82) is 0 Å². The third kappa shape index (κ3) is 4.63. The highest BCUT2D eigenvalue weighted by Gasteiger charge is 2.15. The zero-order valence-corrected chi connectivity index (χ0v) is 24.2. The molecule has 2 heteroatoms. The van der Waals surface area contributed by atoms with Crippen molar-refractivity contribution in [2.45, 2.75) is 0 Å². The highest BCUT2D eigenvalue weighted by molar-refractivity contribution is 6.11. The van der Waals surface area contributed by atoms with Crippen molar-refractivity contribution in [2.24, 2.45) is 0 Å². The Hall–Kier alpha value is -5.86. The Labute approximate surface area is 257 Å². The molecule has 0 aliphatic heterocycles. The SMILES string of the molecule is c1ccc(-c2ccc(Nc3ccccc3-c3ccccc3-c3ccc4c(c3)c3ccccc3n4-c3ccccc3)cc2)cc1. The maximum absolute atomic E-state index is 3.70. The number of nitrogens with zero attached hydrogens (tertiary/aromatic N) is 1. The Morgan fingerprint density at radius 1 is 0.364 bits per heavy atom. The van der Waals surface area contributed by atoms with Gasteiger partial charge in [0.2, 0.25) is 0 Å². The standard InChI is InChI=1S/C42H30N2/c1-3-13-30(14-4-1)31-23-26-33(27-24-31)43-40-21-11-9-19-37(40)36-18-8-7-17-35(36)32-25-28-42-39(29-32)38-20-10-12-22-41(38)44(42)34-15-5-2-6-16-34/h1-29,43H. The van der Waals surface area contributed by atoms with Crippen LogP contribution in [0, 0.1) is 0 Å². The molecule has 8 aromatic rings. The Morgan fingerprint density at radius 2 is 0.932 bits per heavy atom. The fourth-order valence-electron chi connectivity index (χ4n) is 6.32. The zero-order valence-electron chi connectivity index (χ0n) is 24.2. The van der Waals surface area contributed by atoms with Gasteiger partial charge in [-0.25, -0.2) is 0 Å². The second-order valence-electron chi connectivity index (χ2n) is 11.1. The lowest BCUT2D eigenvalue weighted by Gasteiger charge is -2.16. The van der Waals surface area contributed by atoms with Crippen molar-refractivity contribution in [3.8, 4) is 39.1 Å². The third-order valence-corrected chi connectivity index (χ3v) is 8.41. The van der Waals surface area contributed by atoms with Crippen molar-refractivity contribution in [2.75, 3.05) is 5.32 Å². The number of anilines is 2. The van der Waals surface area contributed by atoms with E-state index in [0.29, 0.717) is 0 Å². The van der Waals surface area contributed by atoms with Crippen molar-refractivity contribution in [1.82, 2.24) is 4.57 Å². The van der Waals surface area contributed by atoms with E-state index in [0.717, 1.165) is 11.4 Å². The first kappa shape index (κ1) is 25.8. The van der Waals surface area contributed by atoms with Gasteiger partial charge in [-0.1, -0.05) is 127 Å². The molecule has 7 aromatic carbocycles. The van der Waals surface area contributed by atoms with Gasteiger partial charge in [0, 0.05) is 33.4 Å². The Balaban J connectivity index is 1.20. The molecule has 0 fully saturated rings. The molecule has 0 atom stereocenters. The van der Waals surface area contributed by atoms with Crippen LogP contribution in [0.5, 0.6) is 0 Å². The van der Waals surface area contributed by atoms with Gasteiger partial charge in [-0.15, -0.1) is 0 Å². The van der Waals surface area contributed by atoms with Crippen LogP contribution in [0.25, 0.3) is 60.9 Å². The van der Waals surface area contributed by atoms with Gasteiger partial charge in [0.1, 0.15) is 0 Å². The first-order valence-electron chi connectivity index (χ1n) is 15.0. The number of para-hydroxylation sites is 3. The molecule has 44 heavy (non-hydrogen) atoms. The van der Waals surface area contributed by atoms with Gasteiger partial charge < -0.3 is 9.88 Å². The van der Waals surface area contributed by atoms with Crippen LogP contribution < -0.4 is 5.32 Å². The predicted octanol–water partition coefficient (Wildman–Crippen LogP) is 11.5. The summed E-state index contributed by atoms with van der Waals surface area (Å²) in [7, 11) is 0. The molecule has 1 heterocycles. The van der Waals surface area contributed by atoms with Crippen LogP contribution in [-0.4, -0.2) is 4.57 Å². The maximum Gasteiger partial charge on any atom is 0.0541 e. The van der Waals surface area contributed by atoms with E-state index < -0.39 is 0 Å². The molecule has 0 bridgehead atoms. The number of nitrogens with one attached hydrogen (secondary N) is 1. The molecule has 8 rings (SSSR count). The lowest BCUT2D eigenvalue weighted by molar-refractivity contribution is 1.18. The first-order valence-corrected chi connectivity index (χ1v) is 15.0. The van der Waals surface area contributed by atoms with Crippen molar-refractivity contribution >= 4 is 33.2 Å². The summed E-state index contributed by atoms with van der Waals surface area (Å²) in [5.74, 6) is 0. The summed E-state index contributed by atoms with van der Waals surface area (Å²) in [6.45, 7) is 0. The summed E-state index contributed by atoms with van der Waals surface area (Å²) < 4.78 is 2.36. The maximum atomic E-state index is 3.70. The van der Waals surface area contributed by atoms with Crippen LogP contribution >= 0.6 is 0 Å². The van der Waals surface area contributed by atoms with Crippen LogP contribution in [0.3, 0.4) is 0 Å². The van der Waals surface area contributed by atoms with Crippen molar-refractivity contribution in [3.63, 3.8) is 0 Å². The van der Waals surface area contributed by atoms with Gasteiger partial charge in [-0.05, 0) is 76.3 Å². The molecule has 208 valence electrons. The molecule has 0 saturated carbocycles. The molecule has 2 nitrogen and oxygen atoms in total. The average Bonchev–Trinajstić information content (AvgIpc) is 3.43. The van der Waals surface area contributed by atoms with E-state index in [9.17, 15) is 0 Å². The van der Waals surface area contributed by atoms with Gasteiger partial charge in [0.05, 0.1) is 11.0 Å². The second-order valence-corrected chi connectivity index (χ2v) is 11.1. The van der Waals surface area contributed by atoms with Crippen LogP contribution in [0.2, 0.25) is 0 Å². The number of fused-ring (bicyclic) bond motifs is 3. The van der Waals surface area contributed by atoms with E-state index >= 15 is 0 Å². The lowest BCUT2D eigenvalue weighted by atomic mass is 9.92. The molecule has 0 aliphatic rings. The molecule has 0 amide bonds.